The fraction of sp³-hybridized carbons (Fsp3) is 0.500. The van der Waals surface area contributed by atoms with Gasteiger partial charge in [0.1, 0.15) is 0 Å². The topological polar surface area (TPSA) is 128 Å². The third kappa shape index (κ3) is 4.97. The van der Waals surface area contributed by atoms with E-state index in [1.165, 1.54) is 6.07 Å². The predicted molar refractivity (Wildman–Crippen MR) is 78.0 cm³/mol. The van der Waals surface area contributed by atoms with E-state index in [1.807, 2.05) is 0 Å². The fourth-order valence-electron chi connectivity index (χ4n) is 1.75. The number of nitrogen functional groups attached to an aromatic ring is 1. The fourth-order valence-corrected chi connectivity index (χ4v) is 2.59. The Bertz CT molecular complexity index is 546. The van der Waals surface area contributed by atoms with Gasteiger partial charge in [-0.15, -0.1) is 0 Å². The maximum Gasteiger partial charge on any atom is 0.238 e. The minimum Gasteiger partial charge on any atom is -0.399 e. The molecule has 114 valence electrons. The lowest BCUT2D eigenvalue weighted by Gasteiger charge is -2.13. The first-order valence-electron chi connectivity index (χ1n) is 6.21. The number of hydrogen-bond acceptors (Lipinski definition) is 6. The van der Waals surface area contributed by atoms with Crippen LogP contribution in [0.1, 0.15) is 12.0 Å². The van der Waals surface area contributed by atoms with Crippen LogP contribution >= 0.6 is 0 Å². The summed E-state index contributed by atoms with van der Waals surface area (Å²) in [7, 11) is -3.79. The van der Waals surface area contributed by atoms with E-state index in [9.17, 15) is 8.42 Å². The quantitative estimate of drug-likeness (QED) is 0.396. The number of sulfonamides is 1. The highest BCUT2D eigenvalue weighted by atomic mass is 32.2. The zero-order chi connectivity index (χ0) is 15.2. The lowest BCUT2D eigenvalue weighted by atomic mass is 10.1. The van der Waals surface area contributed by atoms with Crippen LogP contribution in [0.15, 0.2) is 17.0 Å². The molecule has 7 nitrogen and oxygen atoms in total. The van der Waals surface area contributed by atoms with Gasteiger partial charge in [-0.05, 0) is 31.0 Å². The third-order valence-electron chi connectivity index (χ3n) is 2.71. The van der Waals surface area contributed by atoms with Gasteiger partial charge in [-0.3, -0.25) is 0 Å². The van der Waals surface area contributed by atoms with E-state index in [-0.39, 0.29) is 11.5 Å². The van der Waals surface area contributed by atoms with Crippen molar-refractivity contribution in [3.8, 4) is 0 Å². The van der Waals surface area contributed by atoms with E-state index in [0.717, 1.165) is 6.42 Å². The second-order valence-electron chi connectivity index (χ2n) is 4.35. The molecule has 0 saturated heterocycles. The summed E-state index contributed by atoms with van der Waals surface area (Å²) in [4.78, 5) is 0.0246. The molecule has 0 saturated carbocycles. The molecule has 0 heterocycles. The van der Waals surface area contributed by atoms with Crippen LogP contribution in [0.5, 0.6) is 0 Å². The van der Waals surface area contributed by atoms with Crippen molar-refractivity contribution >= 4 is 21.4 Å². The number of anilines is 2. The number of aliphatic hydroxyl groups excluding tert-OH is 1. The number of nitrogens with one attached hydrogen (secondary N) is 1. The summed E-state index contributed by atoms with van der Waals surface area (Å²) in [5.41, 5.74) is 7.19. The molecule has 6 N–H and O–H groups in total. The van der Waals surface area contributed by atoms with E-state index < -0.39 is 10.0 Å². The van der Waals surface area contributed by atoms with E-state index in [2.05, 4.69) is 5.32 Å². The van der Waals surface area contributed by atoms with E-state index in [1.54, 1.807) is 13.0 Å². The van der Waals surface area contributed by atoms with Crippen molar-refractivity contribution in [3.63, 3.8) is 0 Å². The van der Waals surface area contributed by atoms with E-state index in [0.29, 0.717) is 36.7 Å². The van der Waals surface area contributed by atoms with E-state index in [4.69, 9.17) is 20.7 Å². The second kappa shape index (κ2) is 7.44. The Kier molecular flexibility index (Phi) is 6.21. The highest BCUT2D eigenvalue weighted by Gasteiger charge is 2.15. The SMILES string of the molecule is Cc1c(NCCCOCCO)cc(N)cc1S(N)(=O)=O. The standard InChI is InChI=1S/C12H21N3O4S/c1-9-11(15-3-2-5-19-6-4-16)7-10(13)8-12(9)20(14,17)18/h7-8,15-16H,2-6,13H2,1H3,(H2,14,17,18). The number of aliphatic hydroxyl groups is 1. The van der Waals surface area contributed by atoms with Crippen LogP contribution in [0.4, 0.5) is 11.4 Å². The Balaban J connectivity index is 2.69. The van der Waals surface area contributed by atoms with Crippen molar-refractivity contribution in [3.05, 3.63) is 17.7 Å². The molecule has 20 heavy (non-hydrogen) atoms. The van der Waals surface area contributed by atoms with Gasteiger partial charge >= 0.3 is 0 Å². The summed E-state index contributed by atoms with van der Waals surface area (Å²) >= 11 is 0. The van der Waals surface area contributed by atoms with Gasteiger partial charge in [0.2, 0.25) is 10.0 Å². The van der Waals surface area contributed by atoms with Crippen LogP contribution < -0.4 is 16.2 Å². The van der Waals surface area contributed by atoms with Crippen LogP contribution in [-0.2, 0) is 14.8 Å². The number of benzene rings is 1. The summed E-state index contributed by atoms with van der Waals surface area (Å²) < 4.78 is 28.0. The van der Waals surface area contributed by atoms with Crippen molar-refractivity contribution in [1.82, 2.24) is 0 Å². The first-order valence-corrected chi connectivity index (χ1v) is 7.76. The summed E-state index contributed by atoms with van der Waals surface area (Å²) in [5, 5.41) is 16.8. The Labute approximate surface area is 119 Å². The van der Waals surface area contributed by atoms with Crippen LogP contribution in [-0.4, -0.2) is 39.9 Å². The Morgan fingerprint density at radius 2 is 2.05 bits per heavy atom. The van der Waals surface area contributed by atoms with Gasteiger partial charge in [0, 0.05) is 24.5 Å². The second-order valence-corrected chi connectivity index (χ2v) is 5.88. The minimum absolute atomic E-state index is 0.000521. The lowest BCUT2D eigenvalue weighted by molar-refractivity contribution is 0.0922. The minimum atomic E-state index is -3.79. The summed E-state index contributed by atoms with van der Waals surface area (Å²) in [5.74, 6) is 0. The normalized spacial score (nSPS) is 11.6. The molecule has 0 aliphatic rings. The molecule has 0 aliphatic carbocycles. The molecule has 1 rings (SSSR count). The molecular weight excluding hydrogens is 282 g/mol. The van der Waals surface area contributed by atoms with Crippen LogP contribution in [0.25, 0.3) is 0 Å². The summed E-state index contributed by atoms with van der Waals surface area (Å²) in [6.07, 6.45) is 0.721. The molecule has 0 fully saturated rings. The maximum atomic E-state index is 11.5. The van der Waals surface area contributed by atoms with Gasteiger partial charge in [-0.2, -0.15) is 0 Å². The third-order valence-corrected chi connectivity index (χ3v) is 3.74. The Morgan fingerprint density at radius 1 is 1.35 bits per heavy atom. The first-order chi connectivity index (χ1) is 9.36. The molecule has 0 bridgehead atoms. The average molecular weight is 303 g/mol. The Morgan fingerprint density at radius 3 is 2.65 bits per heavy atom. The zero-order valence-electron chi connectivity index (χ0n) is 11.4. The average Bonchev–Trinajstić information content (AvgIpc) is 2.35. The highest BCUT2D eigenvalue weighted by molar-refractivity contribution is 7.89. The van der Waals surface area contributed by atoms with Crippen molar-refractivity contribution in [2.75, 3.05) is 37.4 Å². The number of rotatable bonds is 8. The first kappa shape index (κ1) is 16.7. The summed E-state index contributed by atoms with van der Waals surface area (Å²) in [6.45, 7) is 3.09. The van der Waals surface area contributed by atoms with Gasteiger partial charge in [0.15, 0.2) is 0 Å². The van der Waals surface area contributed by atoms with Crippen LogP contribution in [0.2, 0.25) is 0 Å². The van der Waals surface area contributed by atoms with Crippen molar-refractivity contribution in [1.29, 1.82) is 0 Å². The molecule has 0 amide bonds. The predicted octanol–water partition coefficient (Wildman–Crippen LogP) is 0.0355. The number of hydrogen-bond donors (Lipinski definition) is 4. The molecule has 1 aromatic rings. The molecule has 0 atom stereocenters. The van der Waals surface area contributed by atoms with Gasteiger partial charge in [0.05, 0.1) is 18.1 Å². The van der Waals surface area contributed by atoms with Gasteiger partial charge < -0.3 is 20.9 Å². The van der Waals surface area contributed by atoms with Gasteiger partial charge in [-0.25, -0.2) is 13.6 Å². The van der Waals surface area contributed by atoms with E-state index >= 15 is 0 Å². The molecule has 8 heteroatoms. The highest BCUT2D eigenvalue weighted by Crippen LogP contribution is 2.25. The molecule has 1 aromatic carbocycles. The smallest absolute Gasteiger partial charge is 0.238 e. The lowest BCUT2D eigenvalue weighted by Crippen LogP contribution is -2.16. The largest absolute Gasteiger partial charge is 0.399 e. The van der Waals surface area contributed by atoms with Crippen molar-refractivity contribution in [2.45, 2.75) is 18.2 Å². The van der Waals surface area contributed by atoms with Crippen molar-refractivity contribution in [2.24, 2.45) is 5.14 Å². The summed E-state index contributed by atoms with van der Waals surface area (Å²) in [6, 6.07) is 3.01. The number of nitrogens with two attached hydrogens (primary N) is 2. The number of ether oxygens (including phenoxy) is 1. The van der Waals surface area contributed by atoms with Gasteiger partial charge in [-0.1, -0.05) is 0 Å². The molecule has 0 aliphatic heterocycles. The Hall–Kier alpha value is -1.35. The maximum absolute atomic E-state index is 11.5. The van der Waals surface area contributed by atoms with Crippen LogP contribution in [0.3, 0.4) is 0 Å². The molecule has 0 unspecified atom stereocenters. The van der Waals surface area contributed by atoms with Crippen LogP contribution in [0, 0.1) is 6.92 Å². The van der Waals surface area contributed by atoms with Gasteiger partial charge in [0.25, 0.3) is 0 Å². The van der Waals surface area contributed by atoms with Crippen molar-refractivity contribution < 1.29 is 18.3 Å². The molecular formula is C12H21N3O4S. The monoisotopic (exact) mass is 303 g/mol. The molecule has 0 aromatic heterocycles. The molecule has 0 radical (unpaired) electrons. The molecule has 0 spiro atoms. The zero-order valence-corrected chi connectivity index (χ0v) is 12.2. The number of primary sulfonamides is 1.